The molecular weight excluding hydrogens is 413 g/mol. The van der Waals surface area contributed by atoms with Crippen molar-refractivity contribution in [1.82, 2.24) is 5.32 Å². The quantitative estimate of drug-likeness (QED) is 0.650. The van der Waals surface area contributed by atoms with E-state index in [4.69, 9.17) is 33.0 Å². The molecule has 0 aromatic heterocycles. The second-order valence-corrected chi connectivity index (χ2v) is 8.93. The summed E-state index contributed by atoms with van der Waals surface area (Å²) < 4.78 is 5.21. The zero-order chi connectivity index (χ0) is 21.3. The van der Waals surface area contributed by atoms with Gasteiger partial charge < -0.3 is 15.2 Å². The number of benzene rings is 2. The van der Waals surface area contributed by atoms with Crippen LogP contribution in [0.4, 0.5) is 4.79 Å². The number of hydrogen-bond donors (Lipinski definition) is 2. The van der Waals surface area contributed by atoms with E-state index in [1.54, 1.807) is 12.1 Å². The fourth-order valence-corrected chi connectivity index (χ4v) is 3.92. The summed E-state index contributed by atoms with van der Waals surface area (Å²) in [5.41, 5.74) is 3.60. The molecule has 0 saturated carbocycles. The molecule has 2 unspecified atom stereocenters. The zero-order valence-corrected chi connectivity index (χ0v) is 18.0. The molecule has 2 N–H and O–H groups in total. The van der Waals surface area contributed by atoms with Crippen LogP contribution in [0.25, 0.3) is 0 Å². The first-order valence-corrected chi connectivity index (χ1v) is 10.1. The highest BCUT2D eigenvalue weighted by molar-refractivity contribution is 6.32. The van der Waals surface area contributed by atoms with Crippen LogP contribution < -0.4 is 5.32 Å². The molecule has 0 bridgehead atoms. The van der Waals surface area contributed by atoms with E-state index < -0.39 is 11.6 Å². The van der Waals surface area contributed by atoms with Crippen LogP contribution in [0.15, 0.2) is 36.4 Å². The van der Waals surface area contributed by atoms with Gasteiger partial charge in [0.2, 0.25) is 0 Å². The Morgan fingerprint density at radius 2 is 1.55 bits per heavy atom. The largest absolute Gasteiger partial charge is 0.481 e. The van der Waals surface area contributed by atoms with Gasteiger partial charge in [-0.3, -0.25) is 4.79 Å². The minimum atomic E-state index is -0.759. The SMILES string of the molecule is CC(C)(C)OC(=O)NC1Cc2c(Cl)cccc21.O=C(O)C1Cc2c(Cl)cccc21. The van der Waals surface area contributed by atoms with Gasteiger partial charge in [0.05, 0.1) is 12.0 Å². The van der Waals surface area contributed by atoms with Crippen molar-refractivity contribution in [2.24, 2.45) is 0 Å². The number of carboxylic acids is 1. The summed E-state index contributed by atoms with van der Waals surface area (Å²) in [4.78, 5) is 22.2. The van der Waals surface area contributed by atoms with Crippen molar-refractivity contribution in [3.63, 3.8) is 0 Å². The second kappa shape index (κ2) is 8.25. The van der Waals surface area contributed by atoms with E-state index >= 15 is 0 Å². The molecule has 0 radical (unpaired) electrons. The summed E-state index contributed by atoms with van der Waals surface area (Å²) in [7, 11) is 0. The van der Waals surface area contributed by atoms with E-state index in [0.717, 1.165) is 33.7 Å². The molecule has 0 aliphatic heterocycles. The molecule has 29 heavy (non-hydrogen) atoms. The average Bonchev–Trinajstić information content (AvgIpc) is 2.55. The number of carbonyl (C=O) groups excluding carboxylic acids is 1. The molecule has 7 heteroatoms. The molecule has 0 heterocycles. The summed E-state index contributed by atoms with van der Waals surface area (Å²) in [5, 5.41) is 13.0. The van der Waals surface area contributed by atoms with E-state index in [0.29, 0.717) is 11.4 Å². The molecule has 4 rings (SSSR count). The first-order valence-electron chi connectivity index (χ1n) is 9.33. The van der Waals surface area contributed by atoms with Crippen molar-refractivity contribution >= 4 is 35.3 Å². The van der Waals surface area contributed by atoms with Gasteiger partial charge in [0.1, 0.15) is 5.60 Å². The standard InChI is InChI=1S/C13H16ClNO2.C9H7ClO2/c1-13(2,3)17-12(16)15-11-7-9-8(11)5-4-6-10(9)14;10-8-3-1-2-5-6(8)4-7(5)9(11)12/h4-6,11H,7H2,1-3H3,(H,15,16);1-3,7H,4H2,(H,11,12). The molecule has 154 valence electrons. The molecule has 2 atom stereocenters. The number of alkyl carbamates (subject to hydrolysis) is 1. The zero-order valence-electron chi connectivity index (χ0n) is 16.5. The number of carbonyl (C=O) groups is 2. The Labute approximate surface area is 180 Å². The molecular formula is C22H23Cl2NO4. The lowest BCUT2D eigenvalue weighted by Gasteiger charge is -2.32. The topological polar surface area (TPSA) is 75.6 Å². The average molecular weight is 436 g/mol. The van der Waals surface area contributed by atoms with Crippen molar-refractivity contribution in [3.8, 4) is 0 Å². The predicted octanol–water partition coefficient (Wildman–Crippen LogP) is 5.53. The summed E-state index contributed by atoms with van der Waals surface area (Å²) >= 11 is 11.9. The number of ether oxygens (including phenoxy) is 1. The number of fused-ring (bicyclic) bond motifs is 2. The third-order valence-corrected chi connectivity index (χ3v) is 5.57. The van der Waals surface area contributed by atoms with Gasteiger partial charge in [-0.15, -0.1) is 0 Å². The van der Waals surface area contributed by atoms with Gasteiger partial charge in [0.25, 0.3) is 0 Å². The van der Waals surface area contributed by atoms with Gasteiger partial charge in [-0.2, -0.15) is 0 Å². The Morgan fingerprint density at radius 1 is 1.00 bits per heavy atom. The van der Waals surface area contributed by atoms with Crippen LogP contribution in [-0.4, -0.2) is 22.8 Å². The van der Waals surface area contributed by atoms with E-state index in [2.05, 4.69) is 5.32 Å². The Balaban J connectivity index is 0.000000176. The van der Waals surface area contributed by atoms with Gasteiger partial charge in [-0.1, -0.05) is 47.5 Å². The van der Waals surface area contributed by atoms with Crippen LogP contribution >= 0.6 is 23.2 Å². The first-order chi connectivity index (χ1) is 13.6. The Kier molecular flexibility index (Phi) is 6.11. The Bertz CT molecular complexity index is 952. The highest BCUT2D eigenvalue weighted by Gasteiger charge is 2.33. The van der Waals surface area contributed by atoms with Gasteiger partial charge in [0.15, 0.2) is 0 Å². The minimum absolute atomic E-state index is 0.0264. The van der Waals surface area contributed by atoms with Gasteiger partial charge in [0, 0.05) is 10.0 Å². The third-order valence-electron chi connectivity index (χ3n) is 4.87. The number of rotatable bonds is 2. The number of aliphatic carboxylic acids is 1. The summed E-state index contributed by atoms with van der Waals surface area (Å²) in [6, 6.07) is 11.2. The smallest absolute Gasteiger partial charge is 0.408 e. The lowest BCUT2D eigenvalue weighted by Crippen LogP contribution is -2.39. The van der Waals surface area contributed by atoms with Crippen LogP contribution in [0.5, 0.6) is 0 Å². The maximum absolute atomic E-state index is 11.6. The highest BCUT2D eigenvalue weighted by atomic mass is 35.5. The van der Waals surface area contributed by atoms with Crippen LogP contribution in [0, 0.1) is 0 Å². The monoisotopic (exact) mass is 435 g/mol. The molecule has 0 saturated heterocycles. The Hall–Kier alpha value is -2.24. The van der Waals surface area contributed by atoms with Gasteiger partial charge >= 0.3 is 12.1 Å². The molecule has 2 aromatic carbocycles. The van der Waals surface area contributed by atoms with Gasteiger partial charge in [-0.05, 0) is 68.0 Å². The normalized spacial score (nSPS) is 18.7. The molecule has 5 nitrogen and oxygen atoms in total. The van der Waals surface area contributed by atoms with Gasteiger partial charge in [-0.25, -0.2) is 4.79 Å². The predicted molar refractivity (Wildman–Crippen MR) is 113 cm³/mol. The highest BCUT2D eigenvalue weighted by Crippen LogP contribution is 2.39. The number of halogens is 2. The summed E-state index contributed by atoms with van der Waals surface area (Å²) in [6.07, 6.45) is 0.964. The summed E-state index contributed by atoms with van der Waals surface area (Å²) in [6.45, 7) is 5.54. The molecule has 1 amide bonds. The van der Waals surface area contributed by atoms with E-state index in [-0.39, 0.29) is 18.1 Å². The van der Waals surface area contributed by atoms with Crippen LogP contribution in [-0.2, 0) is 22.4 Å². The van der Waals surface area contributed by atoms with Crippen LogP contribution in [0.3, 0.4) is 0 Å². The van der Waals surface area contributed by atoms with Crippen LogP contribution in [0.2, 0.25) is 10.0 Å². The second-order valence-electron chi connectivity index (χ2n) is 8.11. The number of hydrogen-bond acceptors (Lipinski definition) is 3. The molecule has 0 fully saturated rings. The molecule has 2 aliphatic carbocycles. The molecule has 2 aromatic rings. The van der Waals surface area contributed by atoms with Crippen molar-refractivity contribution in [2.75, 3.05) is 0 Å². The number of nitrogens with one attached hydrogen (secondary N) is 1. The van der Waals surface area contributed by atoms with Crippen LogP contribution in [0.1, 0.15) is 55.0 Å². The first kappa shape index (κ1) is 21.5. The van der Waals surface area contributed by atoms with Crippen molar-refractivity contribution in [1.29, 1.82) is 0 Å². The van der Waals surface area contributed by atoms with Crippen molar-refractivity contribution < 1.29 is 19.4 Å². The van der Waals surface area contributed by atoms with E-state index in [1.807, 2.05) is 45.0 Å². The lowest BCUT2D eigenvalue weighted by molar-refractivity contribution is -0.139. The minimum Gasteiger partial charge on any atom is -0.481 e. The maximum Gasteiger partial charge on any atom is 0.408 e. The lowest BCUT2D eigenvalue weighted by atomic mass is 9.78. The van der Waals surface area contributed by atoms with Crippen molar-refractivity contribution in [2.45, 2.75) is 51.2 Å². The van der Waals surface area contributed by atoms with Crippen molar-refractivity contribution in [3.05, 3.63) is 68.7 Å². The van der Waals surface area contributed by atoms with E-state index in [1.165, 1.54) is 0 Å². The fourth-order valence-electron chi connectivity index (χ4n) is 3.40. The maximum atomic E-state index is 11.6. The molecule has 0 spiro atoms. The third kappa shape index (κ3) is 4.85. The fraction of sp³-hybridized carbons (Fsp3) is 0.364. The number of amides is 1. The number of carboxylic acid groups (broad SMARTS) is 1. The molecule has 2 aliphatic rings. The summed E-state index contributed by atoms with van der Waals surface area (Å²) in [5.74, 6) is -1.09. The van der Waals surface area contributed by atoms with E-state index in [9.17, 15) is 9.59 Å². The Morgan fingerprint density at radius 3 is 2.10 bits per heavy atom.